The van der Waals surface area contributed by atoms with Crippen LogP contribution in [0, 0.1) is 0 Å². The summed E-state index contributed by atoms with van der Waals surface area (Å²) in [6, 6.07) is 9.40. The number of hydrogen-bond donors (Lipinski definition) is 1. The molecule has 24 heavy (non-hydrogen) atoms. The number of alkyl halides is 2. The van der Waals surface area contributed by atoms with E-state index in [1.54, 1.807) is 0 Å². The van der Waals surface area contributed by atoms with E-state index in [2.05, 4.69) is 10.1 Å². The fraction of sp³-hybridized carbons (Fsp3) is 0.250. The molecule has 0 bridgehead atoms. The summed E-state index contributed by atoms with van der Waals surface area (Å²) in [5.41, 5.74) is 0.570. The quantitative estimate of drug-likeness (QED) is 0.740. The molecule has 0 saturated carbocycles. The summed E-state index contributed by atoms with van der Waals surface area (Å²) in [5, 5.41) is 4.54. The first-order valence-electron chi connectivity index (χ1n) is 7.01. The lowest BCUT2D eigenvalue weighted by atomic mass is 10.1. The summed E-state index contributed by atoms with van der Waals surface area (Å²) < 4.78 is 33.1. The first-order valence-corrected chi connectivity index (χ1v) is 7.89. The molecule has 2 rings (SSSR count). The molecular weight excluding hydrogens is 340 g/mol. The molecule has 128 valence electrons. The van der Waals surface area contributed by atoms with Gasteiger partial charge < -0.3 is 14.8 Å². The van der Waals surface area contributed by atoms with Gasteiger partial charge in [-0.3, -0.25) is 9.59 Å². The number of carbonyl (C=O) groups excluding carboxylic acids is 2. The first kappa shape index (κ1) is 17.9. The van der Waals surface area contributed by atoms with E-state index in [4.69, 9.17) is 4.74 Å². The van der Waals surface area contributed by atoms with Gasteiger partial charge in [0.2, 0.25) is 0 Å². The van der Waals surface area contributed by atoms with E-state index >= 15 is 0 Å². The maximum absolute atomic E-state index is 12.0. The molecule has 0 aliphatic rings. The number of thiophene rings is 1. The fourth-order valence-electron chi connectivity index (χ4n) is 1.80. The minimum absolute atomic E-state index is 0.00933. The standard InChI is InChI=1S/C16H15F2NO4S/c17-16(18)23-12-5-3-11(4-6-12)8-15(21)22-10-14(20)19-9-13-2-1-7-24-13/h1-7,16H,8-10H2,(H,19,20). The van der Waals surface area contributed by atoms with E-state index in [9.17, 15) is 18.4 Å². The van der Waals surface area contributed by atoms with Crippen LogP contribution in [0.2, 0.25) is 0 Å². The zero-order valence-electron chi connectivity index (χ0n) is 12.5. The Morgan fingerprint density at radius 2 is 1.92 bits per heavy atom. The number of nitrogens with one attached hydrogen (secondary N) is 1. The molecule has 0 saturated heterocycles. The number of hydrogen-bond acceptors (Lipinski definition) is 5. The molecule has 0 atom stereocenters. The van der Waals surface area contributed by atoms with Crippen molar-refractivity contribution in [2.45, 2.75) is 19.6 Å². The third-order valence-corrected chi connectivity index (χ3v) is 3.78. The van der Waals surface area contributed by atoms with Crippen LogP contribution in [-0.4, -0.2) is 25.1 Å². The minimum Gasteiger partial charge on any atom is -0.455 e. The molecule has 1 aromatic heterocycles. The highest BCUT2D eigenvalue weighted by Crippen LogP contribution is 2.15. The van der Waals surface area contributed by atoms with Gasteiger partial charge in [0.25, 0.3) is 5.91 Å². The Labute approximate surface area is 141 Å². The van der Waals surface area contributed by atoms with E-state index in [1.165, 1.54) is 35.6 Å². The number of carbonyl (C=O) groups is 2. The van der Waals surface area contributed by atoms with Crippen LogP contribution < -0.4 is 10.1 Å². The predicted octanol–water partition coefficient (Wildman–Crippen LogP) is 2.75. The topological polar surface area (TPSA) is 64.6 Å². The Morgan fingerprint density at radius 1 is 1.17 bits per heavy atom. The van der Waals surface area contributed by atoms with Crippen molar-refractivity contribution in [1.29, 1.82) is 0 Å². The number of amides is 1. The first-order chi connectivity index (χ1) is 11.5. The lowest BCUT2D eigenvalue weighted by Crippen LogP contribution is -2.28. The normalized spacial score (nSPS) is 10.5. The van der Waals surface area contributed by atoms with Crippen molar-refractivity contribution in [1.82, 2.24) is 5.32 Å². The number of rotatable bonds is 8. The van der Waals surface area contributed by atoms with Gasteiger partial charge >= 0.3 is 12.6 Å². The highest BCUT2D eigenvalue weighted by atomic mass is 32.1. The largest absolute Gasteiger partial charge is 0.455 e. The molecule has 0 aliphatic carbocycles. The second-order valence-electron chi connectivity index (χ2n) is 4.72. The molecule has 1 N–H and O–H groups in total. The van der Waals surface area contributed by atoms with Gasteiger partial charge in [-0.2, -0.15) is 8.78 Å². The fourth-order valence-corrected chi connectivity index (χ4v) is 2.45. The Balaban J connectivity index is 1.69. The third-order valence-electron chi connectivity index (χ3n) is 2.90. The van der Waals surface area contributed by atoms with Gasteiger partial charge in [-0.1, -0.05) is 18.2 Å². The van der Waals surface area contributed by atoms with Gasteiger partial charge in [-0.05, 0) is 29.1 Å². The number of esters is 1. The van der Waals surface area contributed by atoms with Crippen molar-refractivity contribution in [2.75, 3.05) is 6.61 Å². The van der Waals surface area contributed by atoms with Crippen LogP contribution in [0.15, 0.2) is 41.8 Å². The summed E-state index contributed by atoms with van der Waals surface area (Å²) in [5.74, 6) is -0.962. The van der Waals surface area contributed by atoms with E-state index in [0.29, 0.717) is 12.1 Å². The Bertz CT molecular complexity index is 659. The minimum atomic E-state index is -2.89. The number of ether oxygens (including phenoxy) is 2. The third kappa shape index (κ3) is 6.33. The van der Waals surface area contributed by atoms with Crippen LogP contribution in [0.3, 0.4) is 0 Å². The zero-order chi connectivity index (χ0) is 17.4. The second kappa shape index (κ2) is 8.97. The summed E-state index contributed by atoms with van der Waals surface area (Å²) in [4.78, 5) is 24.2. The smallest absolute Gasteiger partial charge is 0.387 e. The van der Waals surface area contributed by atoms with Crippen molar-refractivity contribution in [3.63, 3.8) is 0 Å². The van der Waals surface area contributed by atoms with Crippen molar-refractivity contribution < 1.29 is 27.8 Å². The average molecular weight is 355 g/mol. The Morgan fingerprint density at radius 3 is 2.54 bits per heavy atom. The van der Waals surface area contributed by atoms with Crippen LogP contribution in [0.4, 0.5) is 8.78 Å². The van der Waals surface area contributed by atoms with E-state index < -0.39 is 18.5 Å². The summed E-state index contributed by atoms with van der Waals surface area (Å²) in [7, 11) is 0. The molecule has 2 aromatic rings. The zero-order valence-corrected chi connectivity index (χ0v) is 13.4. The predicted molar refractivity (Wildman–Crippen MR) is 83.9 cm³/mol. The molecule has 0 radical (unpaired) electrons. The molecule has 0 aliphatic heterocycles. The lowest BCUT2D eigenvalue weighted by Gasteiger charge is -2.07. The van der Waals surface area contributed by atoms with Crippen LogP contribution in [0.25, 0.3) is 0 Å². The van der Waals surface area contributed by atoms with Crippen molar-refractivity contribution in [3.8, 4) is 5.75 Å². The van der Waals surface area contributed by atoms with Crippen molar-refractivity contribution >= 4 is 23.2 Å². The van der Waals surface area contributed by atoms with Gasteiger partial charge in [0.1, 0.15) is 5.75 Å². The highest BCUT2D eigenvalue weighted by Gasteiger charge is 2.10. The van der Waals surface area contributed by atoms with Crippen LogP contribution in [-0.2, 0) is 27.3 Å². The van der Waals surface area contributed by atoms with Gasteiger partial charge in [0, 0.05) is 4.88 Å². The van der Waals surface area contributed by atoms with E-state index in [0.717, 1.165) is 4.88 Å². The van der Waals surface area contributed by atoms with Gasteiger partial charge in [-0.15, -0.1) is 11.3 Å². The number of halogens is 2. The molecule has 5 nitrogen and oxygen atoms in total. The van der Waals surface area contributed by atoms with Crippen LogP contribution in [0.1, 0.15) is 10.4 Å². The highest BCUT2D eigenvalue weighted by molar-refractivity contribution is 7.09. The Kier molecular flexibility index (Phi) is 6.68. The summed E-state index contributed by atoms with van der Waals surface area (Å²) in [6.45, 7) is -2.87. The van der Waals surface area contributed by atoms with Gasteiger partial charge in [0.15, 0.2) is 6.61 Å². The van der Waals surface area contributed by atoms with Crippen molar-refractivity contribution in [3.05, 3.63) is 52.2 Å². The van der Waals surface area contributed by atoms with E-state index in [1.807, 2.05) is 17.5 Å². The molecule has 1 heterocycles. The monoisotopic (exact) mass is 355 g/mol. The average Bonchev–Trinajstić information content (AvgIpc) is 3.06. The second-order valence-corrected chi connectivity index (χ2v) is 5.75. The van der Waals surface area contributed by atoms with Crippen molar-refractivity contribution in [2.24, 2.45) is 0 Å². The molecule has 1 aromatic carbocycles. The molecule has 0 unspecified atom stereocenters. The van der Waals surface area contributed by atoms with Crippen LogP contribution in [0.5, 0.6) is 5.75 Å². The van der Waals surface area contributed by atoms with Gasteiger partial charge in [0.05, 0.1) is 13.0 Å². The van der Waals surface area contributed by atoms with E-state index in [-0.39, 0.29) is 18.8 Å². The molecular formula is C16H15F2NO4S. The molecule has 0 fully saturated rings. The van der Waals surface area contributed by atoms with Gasteiger partial charge in [-0.25, -0.2) is 0 Å². The molecule has 0 spiro atoms. The lowest BCUT2D eigenvalue weighted by molar-refractivity contribution is -0.147. The summed E-state index contributed by atoms with van der Waals surface area (Å²) >= 11 is 1.52. The number of benzene rings is 1. The molecule has 1 amide bonds. The Hall–Kier alpha value is -2.48. The molecule has 8 heteroatoms. The van der Waals surface area contributed by atoms with Crippen LogP contribution >= 0.6 is 11.3 Å². The maximum atomic E-state index is 12.0. The maximum Gasteiger partial charge on any atom is 0.387 e. The summed E-state index contributed by atoms with van der Waals surface area (Å²) in [6.07, 6.45) is -0.0623. The SMILES string of the molecule is O=C(COC(=O)Cc1ccc(OC(F)F)cc1)NCc1cccs1.